The Morgan fingerprint density at radius 1 is 1.00 bits per heavy atom. The molecular weight excluding hydrogens is 256 g/mol. The third kappa shape index (κ3) is 3.09. The van der Waals surface area contributed by atoms with Crippen LogP contribution in [-0.4, -0.2) is 20.5 Å². The van der Waals surface area contributed by atoms with E-state index in [0.717, 1.165) is 11.8 Å². The smallest absolute Gasteiger partial charge is 0.203 e. The summed E-state index contributed by atoms with van der Waals surface area (Å²) in [6, 6.07) is 13.0. The Morgan fingerprint density at radius 3 is 2.30 bits per heavy atom. The fourth-order valence-electron chi connectivity index (χ4n) is 1.86. The van der Waals surface area contributed by atoms with Crippen LogP contribution in [0.15, 0.2) is 42.5 Å². The maximum atomic E-state index is 10.9. The number of hydrogen-bond donors (Lipinski definition) is 0. The summed E-state index contributed by atoms with van der Waals surface area (Å²) in [4.78, 5) is 10.9. The van der Waals surface area contributed by atoms with Crippen molar-refractivity contribution in [2.75, 3.05) is 14.2 Å². The number of carbonyl (C=O) groups is 1. The van der Waals surface area contributed by atoms with Crippen LogP contribution in [0.1, 0.15) is 15.9 Å². The zero-order valence-electron chi connectivity index (χ0n) is 11.5. The molecule has 0 bridgehead atoms. The molecule has 0 unspecified atom stereocenters. The van der Waals surface area contributed by atoms with Gasteiger partial charge in [-0.25, -0.2) is 0 Å². The molecule has 4 nitrogen and oxygen atoms in total. The summed E-state index contributed by atoms with van der Waals surface area (Å²) < 4.78 is 16.2. The van der Waals surface area contributed by atoms with Crippen molar-refractivity contribution in [3.05, 3.63) is 53.6 Å². The summed E-state index contributed by atoms with van der Waals surface area (Å²) in [6.07, 6.45) is 0.747. The van der Waals surface area contributed by atoms with Crippen molar-refractivity contribution in [1.82, 2.24) is 0 Å². The summed E-state index contributed by atoms with van der Waals surface area (Å²) in [5, 5.41) is 0. The number of rotatable bonds is 6. The van der Waals surface area contributed by atoms with Crippen LogP contribution in [0.3, 0.4) is 0 Å². The van der Waals surface area contributed by atoms with E-state index in [1.54, 1.807) is 12.1 Å². The van der Waals surface area contributed by atoms with Gasteiger partial charge in [0.05, 0.1) is 14.2 Å². The van der Waals surface area contributed by atoms with Gasteiger partial charge in [-0.15, -0.1) is 0 Å². The minimum atomic E-state index is 0.392. The molecule has 0 N–H and O–H groups in total. The van der Waals surface area contributed by atoms with Gasteiger partial charge in [0.15, 0.2) is 11.5 Å². The minimum Gasteiger partial charge on any atom is -0.493 e. The molecule has 2 aromatic carbocycles. The lowest BCUT2D eigenvalue weighted by molar-refractivity contribution is 0.112. The van der Waals surface area contributed by atoms with Crippen LogP contribution < -0.4 is 14.2 Å². The van der Waals surface area contributed by atoms with Crippen LogP contribution in [0, 0.1) is 0 Å². The van der Waals surface area contributed by atoms with Crippen molar-refractivity contribution in [2.24, 2.45) is 0 Å². The highest BCUT2D eigenvalue weighted by Gasteiger charge is 2.13. The maximum Gasteiger partial charge on any atom is 0.203 e. The Hall–Kier alpha value is -2.49. The Bertz CT molecular complexity index is 579. The maximum absolute atomic E-state index is 10.9. The molecular formula is C16H16O4. The van der Waals surface area contributed by atoms with Gasteiger partial charge in [-0.3, -0.25) is 4.79 Å². The standard InChI is InChI=1S/C16H16O4/c1-18-14-8-13(10-17)9-15(16(14)19-2)20-11-12-6-4-3-5-7-12/h3-10H,11H2,1-2H3. The Kier molecular flexibility index (Phi) is 4.60. The van der Waals surface area contributed by atoms with Crippen LogP contribution in [0.5, 0.6) is 17.2 Å². The highest BCUT2D eigenvalue weighted by Crippen LogP contribution is 2.38. The van der Waals surface area contributed by atoms with E-state index in [9.17, 15) is 4.79 Å². The van der Waals surface area contributed by atoms with Crippen molar-refractivity contribution in [3.63, 3.8) is 0 Å². The molecule has 0 spiro atoms. The van der Waals surface area contributed by atoms with E-state index in [2.05, 4.69) is 0 Å². The molecule has 0 atom stereocenters. The predicted octanol–water partition coefficient (Wildman–Crippen LogP) is 3.10. The highest BCUT2D eigenvalue weighted by atomic mass is 16.5. The molecule has 0 aliphatic rings. The molecule has 20 heavy (non-hydrogen) atoms. The van der Waals surface area contributed by atoms with Crippen LogP contribution in [0.2, 0.25) is 0 Å². The van der Waals surface area contributed by atoms with Crippen molar-refractivity contribution in [2.45, 2.75) is 6.61 Å². The van der Waals surface area contributed by atoms with Crippen molar-refractivity contribution in [3.8, 4) is 17.2 Å². The number of aldehydes is 1. The first-order chi connectivity index (χ1) is 9.78. The second-order valence-electron chi connectivity index (χ2n) is 4.15. The SMILES string of the molecule is COc1cc(C=O)cc(OCc2ccccc2)c1OC. The van der Waals surface area contributed by atoms with Crippen molar-refractivity contribution in [1.29, 1.82) is 0 Å². The molecule has 0 radical (unpaired) electrons. The van der Waals surface area contributed by atoms with E-state index in [0.29, 0.717) is 29.4 Å². The first kappa shape index (κ1) is 13.9. The van der Waals surface area contributed by atoms with Gasteiger partial charge in [0.2, 0.25) is 5.75 Å². The zero-order chi connectivity index (χ0) is 14.4. The monoisotopic (exact) mass is 272 g/mol. The zero-order valence-corrected chi connectivity index (χ0v) is 11.5. The fourth-order valence-corrected chi connectivity index (χ4v) is 1.86. The van der Waals surface area contributed by atoms with E-state index in [1.807, 2.05) is 30.3 Å². The number of hydrogen-bond acceptors (Lipinski definition) is 4. The number of benzene rings is 2. The molecule has 0 aromatic heterocycles. The third-order valence-corrected chi connectivity index (χ3v) is 2.84. The largest absolute Gasteiger partial charge is 0.493 e. The molecule has 2 rings (SSSR count). The Labute approximate surface area is 117 Å². The topological polar surface area (TPSA) is 44.8 Å². The first-order valence-corrected chi connectivity index (χ1v) is 6.16. The predicted molar refractivity (Wildman–Crippen MR) is 75.7 cm³/mol. The molecule has 2 aromatic rings. The van der Waals surface area contributed by atoms with E-state index in [-0.39, 0.29) is 0 Å². The molecule has 104 valence electrons. The van der Waals surface area contributed by atoms with Crippen molar-refractivity contribution >= 4 is 6.29 Å². The van der Waals surface area contributed by atoms with Gasteiger partial charge in [0.1, 0.15) is 12.9 Å². The molecule has 4 heteroatoms. The van der Waals surface area contributed by atoms with Gasteiger partial charge in [-0.1, -0.05) is 30.3 Å². The third-order valence-electron chi connectivity index (χ3n) is 2.84. The summed E-state index contributed by atoms with van der Waals surface area (Å²) >= 11 is 0. The number of methoxy groups -OCH3 is 2. The average molecular weight is 272 g/mol. The quantitative estimate of drug-likeness (QED) is 0.758. The van der Waals surface area contributed by atoms with Crippen LogP contribution in [0.25, 0.3) is 0 Å². The summed E-state index contributed by atoms with van der Waals surface area (Å²) in [7, 11) is 3.06. The molecule has 0 saturated carbocycles. The van der Waals surface area contributed by atoms with E-state index in [4.69, 9.17) is 14.2 Å². The molecule has 0 aliphatic carbocycles. The average Bonchev–Trinajstić information content (AvgIpc) is 2.52. The van der Waals surface area contributed by atoms with Gasteiger partial charge < -0.3 is 14.2 Å². The summed E-state index contributed by atoms with van der Waals surface area (Å²) in [5.41, 5.74) is 1.51. The van der Waals surface area contributed by atoms with Crippen LogP contribution >= 0.6 is 0 Å². The van der Waals surface area contributed by atoms with Gasteiger partial charge in [0.25, 0.3) is 0 Å². The van der Waals surface area contributed by atoms with E-state index in [1.165, 1.54) is 14.2 Å². The number of ether oxygens (including phenoxy) is 3. The van der Waals surface area contributed by atoms with Crippen LogP contribution in [0.4, 0.5) is 0 Å². The lowest BCUT2D eigenvalue weighted by atomic mass is 10.2. The molecule has 0 fully saturated rings. The van der Waals surface area contributed by atoms with E-state index < -0.39 is 0 Å². The van der Waals surface area contributed by atoms with Gasteiger partial charge in [-0.2, -0.15) is 0 Å². The minimum absolute atomic E-state index is 0.392. The lowest BCUT2D eigenvalue weighted by Crippen LogP contribution is -2.00. The van der Waals surface area contributed by atoms with Gasteiger partial charge in [0, 0.05) is 5.56 Å². The lowest BCUT2D eigenvalue weighted by Gasteiger charge is -2.14. The van der Waals surface area contributed by atoms with Gasteiger partial charge in [-0.05, 0) is 17.7 Å². The normalized spacial score (nSPS) is 9.90. The Morgan fingerprint density at radius 2 is 1.70 bits per heavy atom. The molecule has 0 aliphatic heterocycles. The van der Waals surface area contributed by atoms with Gasteiger partial charge >= 0.3 is 0 Å². The second-order valence-corrected chi connectivity index (χ2v) is 4.15. The summed E-state index contributed by atoms with van der Waals surface area (Å²) in [5.74, 6) is 1.44. The molecule has 0 saturated heterocycles. The molecule has 0 amide bonds. The Balaban J connectivity index is 2.27. The highest BCUT2D eigenvalue weighted by molar-refractivity contribution is 5.78. The summed E-state index contributed by atoms with van der Waals surface area (Å²) in [6.45, 7) is 0.392. The van der Waals surface area contributed by atoms with Crippen LogP contribution in [-0.2, 0) is 6.61 Å². The second kappa shape index (κ2) is 6.61. The first-order valence-electron chi connectivity index (χ1n) is 6.16. The molecule has 0 heterocycles. The van der Waals surface area contributed by atoms with Crippen molar-refractivity contribution < 1.29 is 19.0 Å². The fraction of sp³-hybridized carbons (Fsp3) is 0.188. The number of carbonyl (C=O) groups excluding carboxylic acids is 1. The van der Waals surface area contributed by atoms with E-state index >= 15 is 0 Å².